The molecule has 1 aliphatic heterocycles. The first-order valence-electron chi connectivity index (χ1n) is 11.0. The molecule has 0 radical (unpaired) electrons. The summed E-state index contributed by atoms with van der Waals surface area (Å²) in [4.78, 5) is 27.0. The fourth-order valence-electron chi connectivity index (χ4n) is 3.92. The Morgan fingerprint density at radius 1 is 0.906 bits per heavy atom. The third-order valence-corrected chi connectivity index (χ3v) is 5.67. The van der Waals surface area contributed by atoms with Gasteiger partial charge in [0.1, 0.15) is 0 Å². The molecule has 0 bridgehead atoms. The molecule has 1 saturated heterocycles. The van der Waals surface area contributed by atoms with Crippen molar-refractivity contribution >= 4 is 11.8 Å². The van der Waals surface area contributed by atoms with E-state index in [0.29, 0.717) is 42.2 Å². The van der Waals surface area contributed by atoms with Gasteiger partial charge < -0.3 is 24.4 Å². The number of carbonyl (C=O) groups excluding carboxylic acids is 2. The number of hydrogen-bond donors (Lipinski definition) is 1. The lowest BCUT2D eigenvalue weighted by molar-refractivity contribution is -0.121. The minimum absolute atomic E-state index is 0.0634. The number of hydrogen-bond acceptors (Lipinski definition) is 5. The van der Waals surface area contributed by atoms with E-state index in [2.05, 4.69) is 5.32 Å². The van der Waals surface area contributed by atoms with Gasteiger partial charge in [0.2, 0.25) is 11.7 Å². The van der Waals surface area contributed by atoms with Gasteiger partial charge in [0, 0.05) is 31.6 Å². The fraction of sp³-hybridized carbons (Fsp3) is 0.440. The Bertz CT molecular complexity index is 913. The number of aryl methyl sites for hydroxylation is 1. The van der Waals surface area contributed by atoms with Crippen molar-refractivity contribution < 1.29 is 23.8 Å². The van der Waals surface area contributed by atoms with Gasteiger partial charge in [0.05, 0.1) is 21.3 Å². The summed E-state index contributed by atoms with van der Waals surface area (Å²) >= 11 is 0. The summed E-state index contributed by atoms with van der Waals surface area (Å²) in [6.07, 6.45) is 4.17. The smallest absolute Gasteiger partial charge is 0.253 e. The molecule has 32 heavy (non-hydrogen) atoms. The summed E-state index contributed by atoms with van der Waals surface area (Å²) in [7, 11) is 4.69. The summed E-state index contributed by atoms with van der Waals surface area (Å²) in [6.45, 7) is 2.02. The van der Waals surface area contributed by atoms with Gasteiger partial charge in [0.15, 0.2) is 11.5 Å². The average Bonchev–Trinajstić information content (AvgIpc) is 2.85. The van der Waals surface area contributed by atoms with Gasteiger partial charge in [-0.3, -0.25) is 9.59 Å². The second-order valence-corrected chi connectivity index (χ2v) is 7.86. The number of rotatable bonds is 9. The topological polar surface area (TPSA) is 77.1 Å². The highest BCUT2D eigenvalue weighted by Gasteiger charge is 2.18. The van der Waals surface area contributed by atoms with Crippen LogP contribution in [0, 0.1) is 0 Å². The zero-order valence-electron chi connectivity index (χ0n) is 19.1. The molecule has 0 saturated carbocycles. The summed E-state index contributed by atoms with van der Waals surface area (Å²) in [6, 6.07) is 11.2. The Hall–Kier alpha value is -3.22. The Labute approximate surface area is 189 Å². The number of likely N-dealkylation sites (tertiary alicyclic amines) is 1. The highest BCUT2D eigenvalue weighted by Crippen LogP contribution is 2.38. The fourth-order valence-corrected chi connectivity index (χ4v) is 3.92. The van der Waals surface area contributed by atoms with Gasteiger partial charge >= 0.3 is 0 Å². The van der Waals surface area contributed by atoms with Crippen molar-refractivity contribution in [3.63, 3.8) is 0 Å². The maximum Gasteiger partial charge on any atom is 0.253 e. The van der Waals surface area contributed by atoms with Crippen LogP contribution in [-0.2, 0) is 17.8 Å². The third kappa shape index (κ3) is 5.93. The highest BCUT2D eigenvalue weighted by atomic mass is 16.5. The minimum atomic E-state index is -0.0634. The van der Waals surface area contributed by atoms with E-state index in [4.69, 9.17) is 14.2 Å². The molecule has 172 valence electrons. The van der Waals surface area contributed by atoms with Gasteiger partial charge in [-0.1, -0.05) is 12.1 Å². The van der Waals surface area contributed by atoms with Crippen LogP contribution in [0.3, 0.4) is 0 Å². The molecule has 0 unspecified atom stereocenters. The van der Waals surface area contributed by atoms with Crippen molar-refractivity contribution in [2.75, 3.05) is 34.4 Å². The molecule has 2 aromatic carbocycles. The van der Waals surface area contributed by atoms with Gasteiger partial charge in [-0.25, -0.2) is 0 Å². The maximum absolute atomic E-state index is 12.7. The zero-order chi connectivity index (χ0) is 22.9. The molecule has 1 N–H and O–H groups in total. The molecule has 0 aromatic heterocycles. The van der Waals surface area contributed by atoms with Crippen molar-refractivity contribution in [2.24, 2.45) is 0 Å². The quantitative estimate of drug-likeness (QED) is 0.645. The van der Waals surface area contributed by atoms with Crippen LogP contribution in [-0.4, -0.2) is 51.1 Å². The number of carbonyl (C=O) groups is 2. The largest absolute Gasteiger partial charge is 0.493 e. The second-order valence-electron chi connectivity index (χ2n) is 7.86. The highest BCUT2D eigenvalue weighted by molar-refractivity contribution is 5.94. The second kappa shape index (κ2) is 11.4. The van der Waals surface area contributed by atoms with E-state index in [-0.39, 0.29) is 11.8 Å². The van der Waals surface area contributed by atoms with E-state index in [1.54, 1.807) is 21.3 Å². The number of ether oxygens (including phenoxy) is 3. The van der Waals surface area contributed by atoms with E-state index in [0.717, 1.165) is 37.1 Å². The van der Waals surface area contributed by atoms with Crippen LogP contribution in [0.15, 0.2) is 36.4 Å². The van der Waals surface area contributed by atoms with Gasteiger partial charge in [-0.15, -0.1) is 0 Å². The van der Waals surface area contributed by atoms with Crippen molar-refractivity contribution in [3.05, 3.63) is 53.1 Å². The van der Waals surface area contributed by atoms with E-state index >= 15 is 0 Å². The average molecular weight is 441 g/mol. The molecule has 7 heteroatoms. The molecular weight excluding hydrogens is 408 g/mol. The van der Waals surface area contributed by atoms with Gasteiger partial charge in [0.25, 0.3) is 5.91 Å². The molecule has 0 aliphatic carbocycles. The molecule has 1 heterocycles. The number of nitrogens with zero attached hydrogens (tertiary/aromatic N) is 1. The van der Waals surface area contributed by atoms with Crippen LogP contribution in [0.2, 0.25) is 0 Å². The monoisotopic (exact) mass is 440 g/mol. The summed E-state index contributed by atoms with van der Waals surface area (Å²) in [5, 5.41) is 2.94. The van der Waals surface area contributed by atoms with Gasteiger partial charge in [-0.2, -0.15) is 0 Å². The number of methoxy groups -OCH3 is 3. The van der Waals surface area contributed by atoms with E-state index in [1.807, 2.05) is 41.3 Å². The Morgan fingerprint density at radius 2 is 1.59 bits per heavy atom. The zero-order valence-corrected chi connectivity index (χ0v) is 19.1. The van der Waals surface area contributed by atoms with Crippen molar-refractivity contribution in [1.29, 1.82) is 0 Å². The van der Waals surface area contributed by atoms with Gasteiger partial charge in [-0.05, 0) is 61.1 Å². The Balaban J connectivity index is 1.55. The van der Waals surface area contributed by atoms with Crippen LogP contribution in [0.1, 0.15) is 47.2 Å². The number of nitrogens with one attached hydrogen (secondary N) is 1. The Morgan fingerprint density at radius 3 is 2.22 bits per heavy atom. The lowest BCUT2D eigenvalue weighted by Gasteiger charge is -2.26. The van der Waals surface area contributed by atoms with Crippen LogP contribution < -0.4 is 19.5 Å². The summed E-state index contributed by atoms with van der Waals surface area (Å²) in [5.74, 6) is 1.67. The summed E-state index contributed by atoms with van der Waals surface area (Å²) in [5.41, 5.74) is 2.51. The minimum Gasteiger partial charge on any atom is -0.493 e. The maximum atomic E-state index is 12.7. The third-order valence-electron chi connectivity index (χ3n) is 5.67. The molecule has 3 rings (SSSR count). The lowest BCUT2D eigenvalue weighted by atomic mass is 10.1. The molecule has 1 aliphatic rings. The number of piperidine rings is 1. The van der Waals surface area contributed by atoms with Crippen LogP contribution in [0.5, 0.6) is 17.2 Å². The molecule has 2 aromatic rings. The Kier molecular flexibility index (Phi) is 8.36. The van der Waals surface area contributed by atoms with Crippen LogP contribution >= 0.6 is 0 Å². The normalized spacial score (nSPS) is 13.4. The van der Waals surface area contributed by atoms with Crippen LogP contribution in [0.25, 0.3) is 0 Å². The number of benzene rings is 2. The lowest BCUT2D eigenvalue weighted by Crippen LogP contribution is -2.35. The first-order valence-corrected chi connectivity index (χ1v) is 11.0. The van der Waals surface area contributed by atoms with E-state index < -0.39 is 0 Å². The van der Waals surface area contributed by atoms with E-state index in [9.17, 15) is 9.59 Å². The number of amides is 2. The van der Waals surface area contributed by atoms with Crippen molar-refractivity contribution in [2.45, 2.75) is 38.6 Å². The SMILES string of the molecule is COc1cc(CCC(=O)NCc2cccc(C(=O)N3CCCCC3)c2)cc(OC)c1OC. The first-order chi connectivity index (χ1) is 15.5. The molecule has 1 fully saturated rings. The van der Waals surface area contributed by atoms with E-state index in [1.165, 1.54) is 6.42 Å². The molecule has 2 amide bonds. The van der Waals surface area contributed by atoms with Crippen molar-refractivity contribution in [1.82, 2.24) is 10.2 Å². The molecule has 0 atom stereocenters. The summed E-state index contributed by atoms with van der Waals surface area (Å²) < 4.78 is 16.1. The molecule has 7 nitrogen and oxygen atoms in total. The van der Waals surface area contributed by atoms with Crippen molar-refractivity contribution in [3.8, 4) is 17.2 Å². The van der Waals surface area contributed by atoms with Crippen LogP contribution in [0.4, 0.5) is 0 Å². The standard InChI is InChI=1S/C25H32N2O5/c1-30-21-15-18(16-22(31-2)24(21)32-3)10-11-23(28)26-17-19-8-7-9-20(14-19)25(29)27-12-5-4-6-13-27/h7-9,14-16H,4-6,10-13,17H2,1-3H3,(H,26,28). The predicted molar refractivity (Wildman–Crippen MR) is 122 cm³/mol. The molecular formula is C25H32N2O5. The first kappa shape index (κ1) is 23.4. The molecule has 0 spiro atoms. The predicted octanol–water partition coefficient (Wildman–Crippen LogP) is 3.59.